The van der Waals surface area contributed by atoms with Crippen LogP contribution in [0.4, 0.5) is 0 Å². The molecular formula is C20H27NO2. The topological polar surface area (TPSA) is 32.7 Å². The Morgan fingerprint density at radius 3 is 2.17 bits per heavy atom. The molecule has 2 aromatic rings. The van der Waals surface area contributed by atoms with Crippen molar-refractivity contribution in [3.63, 3.8) is 0 Å². The number of benzene rings is 2. The molecule has 0 saturated carbocycles. The van der Waals surface area contributed by atoms with Gasteiger partial charge in [-0.3, -0.25) is 4.90 Å². The molecule has 0 aliphatic heterocycles. The van der Waals surface area contributed by atoms with E-state index in [1.807, 2.05) is 42.5 Å². The molecule has 0 amide bonds. The monoisotopic (exact) mass is 313 g/mol. The Hall–Kier alpha value is -1.84. The maximum absolute atomic E-state index is 10.5. The van der Waals surface area contributed by atoms with Gasteiger partial charge in [0.2, 0.25) is 0 Å². The van der Waals surface area contributed by atoms with Crippen LogP contribution in [0.3, 0.4) is 0 Å². The number of nitrogens with zero attached hydrogens (tertiary/aromatic N) is 1. The molecule has 1 atom stereocenters. The number of ether oxygens (including phenoxy) is 1. The molecule has 2 rings (SSSR count). The summed E-state index contributed by atoms with van der Waals surface area (Å²) in [6.45, 7) is 6.82. The van der Waals surface area contributed by atoms with Crippen molar-refractivity contribution in [1.82, 2.24) is 4.90 Å². The maximum atomic E-state index is 10.5. The second-order valence-corrected chi connectivity index (χ2v) is 6.36. The average molecular weight is 313 g/mol. The van der Waals surface area contributed by atoms with E-state index in [0.717, 1.165) is 24.4 Å². The molecule has 0 saturated heterocycles. The molecule has 3 heteroatoms. The molecule has 124 valence electrons. The SMILES string of the molecule is COc1ccc(CN(CC(C)C)C[C@H](O)c2ccccc2)cc1. The zero-order valence-corrected chi connectivity index (χ0v) is 14.3. The normalized spacial score (nSPS) is 12.6. The first-order chi connectivity index (χ1) is 11.1. The van der Waals surface area contributed by atoms with Gasteiger partial charge in [-0.05, 0) is 29.2 Å². The Labute approximate surface area is 139 Å². The van der Waals surface area contributed by atoms with Crippen molar-refractivity contribution in [2.75, 3.05) is 20.2 Å². The Bertz CT molecular complexity index is 566. The summed E-state index contributed by atoms with van der Waals surface area (Å²) in [7, 11) is 1.68. The highest BCUT2D eigenvalue weighted by Crippen LogP contribution is 2.18. The molecule has 0 radical (unpaired) electrons. The molecule has 3 nitrogen and oxygen atoms in total. The molecule has 0 spiro atoms. The lowest BCUT2D eigenvalue weighted by Gasteiger charge is -2.27. The highest BCUT2D eigenvalue weighted by atomic mass is 16.5. The fourth-order valence-corrected chi connectivity index (χ4v) is 2.73. The smallest absolute Gasteiger partial charge is 0.118 e. The van der Waals surface area contributed by atoms with Crippen molar-refractivity contribution >= 4 is 0 Å². The van der Waals surface area contributed by atoms with Crippen LogP contribution in [0.15, 0.2) is 54.6 Å². The third-order valence-corrected chi connectivity index (χ3v) is 3.80. The van der Waals surface area contributed by atoms with Crippen molar-refractivity contribution in [2.45, 2.75) is 26.5 Å². The van der Waals surface area contributed by atoms with E-state index in [1.54, 1.807) is 7.11 Å². The standard InChI is InChI=1S/C20H27NO2/c1-16(2)13-21(14-17-9-11-19(23-3)12-10-17)15-20(22)18-7-5-4-6-8-18/h4-12,16,20,22H,13-15H2,1-3H3/t20-/m0/s1. The molecule has 0 aliphatic rings. The van der Waals surface area contributed by atoms with E-state index in [-0.39, 0.29) is 0 Å². The maximum Gasteiger partial charge on any atom is 0.118 e. The van der Waals surface area contributed by atoms with E-state index in [2.05, 4.69) is 30.9 Å². The van der Waals surface area contributed by atoms with Crippen molar-refractivity contribution in [1.29, 1.82) is 0 Å². The van der Waals surface area contributed by atoms with Crippen molar-refractivity contribution in [3.8, 4) is 5.75 Å². The molecule has 0 bridgehead atoms. The number of rotatable bonds is 8. The highest BCUT2D eigenvalue weighted by molar-refractivity contribution is 5.27. The minimum Gasteiger partial charge on any atom is -0.497 e. The number of aliphatic hydroxyl groups excluding tert-OH is 1. The summed E-state index contributed by atoms with van der Waals surface area (Å²) in [4.78, 5) is 2.31. The third-order valence-electron chi connectivity index (χ3n) is 3.80. The molecule has 0 aromatic heterocycles. The minimum atomic E-state index is -0.465. The Morgan fingerprint density at radius 1 is 0.957 bits per heavy atom. The second-order valence-electron chi connectivity index (χ2n) is 6.36. The Balaban J connectivity index is 2.03. The van der Waals surface area contributed by atoms with Crippen LogP contribution in [0.1, 0.15) is 31.1 Å². The lowest BCUT2D eigenvalue weighted by molar-refractivity contribution is 0.102. The first-order valence-corrected chi connectivity index (χ1v) is 8.16. The van der Waals surface area contributed by atoms with Gasteiger partial charge >= 0.3 is 0 Å². The van der Waals surface area contributed by atoms with Crippen LogP contribution >= 0.6 is 0 Å². The molecular weight excluding hydrogens is 286 g/mol. The van der Waals surface area contributed by atoms with E-state index in [9.17, 15) is 5.11 Å². The average Bonchev–Trinajstić information content (AvgIpc) is 2.55. The van der Waals surface area contributed by atoms with Crippen LogP contribution in [0, 0.1) is 5.92 Å². The summed E-state index contributed by atoms with van der Waals surface area (Å²) in [5, 5.41) is 10.5. The fraction of sp³-hybridized carbons (Fsp3) is 0.400. The predicted octanol–water partition coefficient (Wildman–Crippen LogP) is 3.89. The molecule has 0 heterocycles. The van der Waals surface area contributed by atoms with E-state index in [0.29, 0.717) is 12.5 Å². The van der Waals surface area contributed by atoms with Gasteiger partial charge in [-0.25, -0.2) is 0 Å². The van der Waals surface area contributed by atoms with Gasteiger partial charge in [0.25, 0.3) is 0 Å². The summed E-state index contributed by atoms with van der Waals surface area (Å²) >= 11 is 0. The Kier molecular flexibility index (Phi) is 6.63. The zero-order chi connectivity index (χ0) is 16.7. The van der Waals surface area contributed by atoms with Crippen LogP contribution < -0.4 is 4.74 Å². The summed E-state index contributed by atoms with van der Waals surface area (Å²) in [6, 6.07) is 18.0. The molecule has 1 N–H and O–H groups in total. The van der Waals surface area contributed by atoms with Crippen LogP contribution in [0.25, 0.3) is 0 Å². The van der Waals surface area contributed by atoms with Gasteiger partial charge in [0.05, 0.1) is 13.2 Å². The first-order valence-electron chi connectivity index (χ1n) is 8.16. The quantitative estimate of drug-likeness (QED) is 0.802. The van der Waals surface area contributed by atoms with E-state index < -0.39 is 6.10 Å². The van der Waals surface area contributed by atoms with E-state index in [4.69, 9.17) is 4.74 Å². The second kappa shape index (κ2) is 8.70. The first kappa shape index (κ1) is 17.5. The molecule has 0 unspecified atom stereocenters. The molecule has 0 aliphatic carbocycles. The summed E-state index contributed by atoms with van der Waals surface area (Å²) in [6.07, 6.45) is -0.465. The number of hydrogen-bond donors (Lipinski definition) is 1. The highest BCUT2D eigenvalue weighted by Gasteiger charge is 2.15. The van der Waals surface area contributed by atoms with Crippen molar-refractivity contribution in [3.05, 3.63) is 65.7 Å². The summed E-state index contributed by atoms with van der Waals surface area (Å²) in [5.41, 5.74) is 2.20. The third kappa shape index (κ3) is 5.70. The van der Waals surface area contributed by atoms with Gasteiger partial charge in [-0.1, -0.05) is 56.3 Å². The van der Waals surface area contributed by atoms with E-state index >= 15 is 0 Å². The van der Waals surface area contributed by atoms with Crippen molar-refractivity contribution < 1.29 is 9.84 Å². The zero-order valence-electron chi connectivity index (χ0n) is 14.3. The number of methoxy groups -OCH3 is 1. The van der Waals surface area contributed by atoms with E-state index in [1.165, 1.54) is 5.56 Å². The van der Waals surface area contributed by atoms with Crippen LogP contribution in [0.5, 0.6) is 5.75 Å². The van der Waals surface area contributed by atoms with Gasteiger partial charge in [-0.15, -0.1) is 0 Å². The van der Waals surface area contributed by atoms with Crippen LogP contribution in [0.2, 0.25) is 0 Å². The summed E-state index contributed by atoms with van der Waals surface area (Å²) in [5.74, 6) is 1.42. The largest absolute Gasteiger partial charge is 0.497 e. The van der Waals surface area contributed by atoms with Gasteiger partial charge in [0.15, 0.2) is 0 Å². The van der Waals surface area contributed by atoms with Gasteiger partial charge in [0.1, 0.15) is 5.75 Å². The molecule has 23 heavy (non-hydrogen) atoms. The van der Waals surface area contributed by atoms with Crippen molar-refractivity contribution in [2.24, 2.45) is 5.92 Å². The number of aliphatic hydroxyl groups is 1. The van der Waals surface area contributed by atoms with Crippen LogP contribution in [-0.4, -0.2) is 30.2 Å². The Morgan fingerprint density at radius 2 is 1.61 bits per heavy atom. The van der Waals surface area contributed by atoms with Gasteiger partial charge < -0.3 is 9.84 Å². The van der Waals surface area contributed by atoms with Crippen LogP contribution in [-0.2, 0) is 6.54 Å². The minimum absolute atomic E-state index is 0.465. The van der Waals surface area contributed by atoms with Gasteiger partial charge in [0, 0.05) is 19.6 Å². The predicted molar refractivity (Wildman–Crippen MR) is 94.5 cm³/mol. The molecule has 0 fully saturated rings. The lowest BCUT2D eigenvalue weighted by atomic mass is 10.1. The number of hydrogen-bond acceptors (Lipinski definition) is 3. The van der Waals surface area contributed by atoms with Gasteiger partial charge in [-0.2, -0.15) is 0 Å². The lowest BCUT2D eigenvalue weighted by Crippen LogP contribution is -2.31. The molecule has 2 aromatic carbocycles. The summed E-state index contributed by atoms with van der Waals surface area (Å²) < 4.78 is 5.21. The fourth-order valence-electron chi connectivity index (χ4n) is 2.73.